The largest absolute Gasteiger partial charge is 0.0622 e. The van der Waals surface area contributed by atoms with Gasteiger partial charge < -0.3 is 0 Å². The molecule has 0 unspecified atom stereocenters. The van der Waals surface area contributed by atoms with Crippen LogP contribution >= 0.6 is 0 Å². The lowest BCUT2D eigenvalue weighted by atomic mass is 9.88. The molecule has 0 aliphatic carbocycles. The third kappa shape index (κ3) is 3.45. The van der Waals surface area contributed by atoms with Gasteiger partial charge in [-0.3, -0.25) is 0 Å². The highest BCUT2D eigenvalue weighted by Crippen LogP contribution is 2.23. The van der Waals surface area contributed by atoms with E-state index in [0.29, 0.717) is 5.41 Å². The van der Waals surface area contributed by atoms with Crippen LogP contribution in [0.2, 0.25) is 0 Å². The fourth-order valence-corrected chi connectivity index (χ4v) is 2.06. The van der Waals surface area contributed by atoms with E-state index in [9.17, 15) is 0 Å². The minimum atomic E-state index is 0.355. The van der Waals surface area contributed by atoms with E-state index in [0.717, 1.165) is 6.42 Å². The minimum Gasteiger partial charge on any atom is -0.0622 e. The molecule has 0 heterocycles. The summed E-state index contributed by atoms with van der Waals surface area (Å²) in [6.45, 7) is 6.83. The number of benzene rings is 2. The average molecular weight is 224 g/mol. The summed E-state index contributed by atoms with van der Waals surface area (Å²) in [4.78, 5) is 0. The molecule has 0 nitrogen and oxygen atoms in total. The first-order chi connectivity index (χ1) is 8.04. The number of hydrogen-bond donors (Lipinski definition) is 0. The minimum absolute atomic E-state index is 0.355. The summed E-state index contributed by atoms with van der Waals surface area (Å²) in [5, 5.41) is 0. The van der Waals surface area contributed by atoms with Crippen LogP contribution in [0.15, 0.2) is 54.6 Å². The molecule has 0 atom stereocenters. The molecule has 17 heavy (non-hydrogen) atoms. The average Bonchev–Trinajstić information content (AvgIpc) is 2.29. The molecule has 0 aliphatic rings. The van der Waals surface area contributed by atoms with Crippen molar-refractivity contribution in [1.82, 2.24) is 0 Å². The summed E-state index contributed by atoms with van der Waals surface area (Å²) in [6.07, 6.45) is 1.13. The lowest BCUT2D eigenvalue weighted by Gasteiger charge is -2.18. The van der Waals surface area contributed by atoms with E-state index in [1.54, 1.807) is 0 Å². The van der Waals surface area contributed by atoms with Gasteiger partial charge in [0.25, 0.3) is 0 Å². The van der Waals surface area contributed by atoms with E-state index in [-0.39, 0.29) is 0 Å². The van der Waals surface area contributed by atoms with Crippen molar-refractivity contribution in [3.8, 4) is 11.1 Å². The molecule has 0 saturated carbocycles. The second kappa shape index (κ2) is 4.75. The Hall–Kier alpha value is -1.56. The van der Waals surface area contributed by atoms with Gasteiger partial charge in [-0.25, -0.2) is 0 Å². The molecule has 2 aromatic rings. The Morgan fingerprint density at radius 2 is 1.24 bits per heavy atom. The zero-order valence-electron chi connectivity index (χ0n) is 10.9. The van der Waals surface area contributed by atoms with E-state index in [1.807, 2.05) is 0 Å². The second-order valence-electron chi connectivity index (χ2n) is 5.80. The SMILES string of the molecule is CC(C)(C)Cc1ccc(-c2ccccc2)cc1. The normalized spacial score (nSPS) is 11.5. The van der Waals surface area contributed by atoms with Gasteiger partial charge in [0.1, 0.15) is 0 Å². The van der Waals surface area contributed by atoms with Crippen LogP contribution in [0.25, 0.3) is 11.1 Å². The lowest BCUT2D eigenvalue weighted by molar-refractivity contribution is 0.411. The molecule has 0 aliphatic heterocycles. The molecular weight excluding hydrogens is 204 g/mol. The molecule has 0 spiro atoms. The van der Waals surface area contributed by atoms with Gasteiger partial charge in [0.05, 0.1) is 0 Å². The Morgan fingerprint density at radius 3 is 1.76 bits per heavy atom. The van der Waals surface area contributed by atoms with Crippen LogP contribution < -0.4 is 0 Å². The Morgan fingerprint density at radius 1 is 0.706 bits per heavy atom. The van der Waals surface area contributed by atoms with Gasteiger partial charge in [-0.15, -0.1) is 0 Å². The molecular formula is C17H20. The van der Waals surface area contributed by atoms with Crippen LogP contribution in [0, 0.1) is 5.41 Å². The molecule has 2 rings (SSSR count). The molecule has 0 fully saturated rings. The number of rotatable bonds is 2. The Kier molecular flexibility index (Phi) is 3.33. The molecule has 0 bridgehead atoms. The van der Waals surface area contributed by atoms with Gasteiger partial charge in [-0.1, -0.05) is 75.4 Å². The highest BCUT2D eigenvalue weighted by Gasteiger charge is 2.10. The van der Waals surface area contributed by atoms with Gasteiger partial charge in [-0.05, 0) is 28.5 Å². The van der Waals surface area contributed by atoms with Crippen LogP contribution in [-0.4, -0.2) is 0 Å². The Bertz CT molecular complexity index is 458. The summed E-state index contributed by atoms with van der Waals surface area (Å²) in [6, 6.07) is 19.4. The maximum atomic E-state index is 2.28. The maximum Gasteiger partial charge on any atom is -0.0184 e. The second-order valence-corrected chi connectivity index (χ2v) is 5.80. The highest BCUT2D eigenvalue weighted by atomic mass is 14.2. The van der Waals surface area contributed by atoms with E-state index in [1.165, 1.54) is 16.7 Å². The van der Waals surface area contributed by atoms with Crippen molar-refractivity contribution < 1.29 is 0 Å². The van der Waals surface area contributed by atoms with Gasteiger partial charge in [0.15, 0.2) is 0 Å². The molecule has 88 valence electrons. The van der Waals surface area contributed by atoms with Crippen LogP contribution in [-0.2, 0) is 6.42 Å². The molecule has 2 aromatic carbocycles. The van der Waals surface area contributed by atoms with Crippen molar-refractivity contribution in [2.24, 2.45) is 5.41 Å². The predicted octanol–water partition coefficient (Wildman–Crippen LogP) is 4.94. The fourth-order valence-electron chi connectivity index (χ4n) is 2.06. The Balaban J connectivity index is 2.19. The summed E-state index contributed by atoms with van der Waals surface area (Å²) in [5.74, 6) is 0. The summed E-state index contributed by atoms with van der Waals surface area (Å²) in [7, 11) is 0. The molecule has 0 aromatic heterocycles. The van der Waals surface area contributed by atoms with Crippen molar-refractivity contribution in [3.05, 3.63) is 60.2 Å². The van der Waals surface area contributed by atoms with Crippen LogP contribution in [0.4, 0.5) is 0 Å². The third-order valence-corrected chi connectivity index (χ3v) is 2.80. The van der Waals surface area contributed by atoms with E-state index < -0.39 is 0 Å². The smallest absolute Gasteiger partial charge is 0.0184 e. The van der Waals surface area contributed by atoms with Crippen LogP contribution in [0.1, 0.15) is 26.3 Å². The van der Waals surface area contributed by atoms with E-state index in [2.05, 4.69) is 75.4 Å². The molecule has 0 radical (unpaired) electrons. The van der Waals surface area contributed by atoms with Crippen molar-refractivity contribution in [3.63, 3.8) is 0 Å². The number of hydrogen-bond acceptors (Lipinski definition) is 0. The fraction of sp³-hybridized carbons (Fsp3) is 0.294. The van der Waals surface area contributed by atoms with E-state index in [4.69, 9.17) is 0 Å². The predicted molar refractivity (Wildman–Crippen MR) is 75.0 cm³/mol. The first-order valence-electron chi connectivity index (χ1n) is 6.19. The van der Waals surface area contributed by atoms with Crippen LogP contribution in [0.3, 0.4) is 0 Å². The molecule has 0 heteroatoms. The topological polar surface area (TPSA) is 0 Å². The monoisotopic (exact) mass is 224 g/mol. The Labute approximate surface area is 104 Å². The van der Waals surface area contributed by atoms with E-state index >= 15 is 0 Å². The zero-order valence-corrected chi connectivity index (χ0v) is 10.9. The maximum absolute atomic E-state index is 2.28. The van der Waals surface area contributed by atoms with Gasteiger partial charge >= 0.3 is 0 Å². The third-order valence-electron chi connectivity index (χ3n) is 2.80. The van der Waals surface area contributed by atoms with Crippen molar-refractivity contribution >= 4 is 0 Å². The highest BCUT2D eigenvalue weighted by molar-refractivity contribution is 5.63. The quantitative estimate of drug-likeness (QED) is 0.677. The van der Waals surface area contributed by atoms with Crippen LogP contribution in [0.5, 0.6) is 0 Å². The zero-order chi connectivity index (χ0) is 12.3. The van der Waals surface area contributed by atoms with Crippen molar-refractivity contribution in [1.29, 1.82) is 0 Å². The first kappa shape index (κ1) is 11.9. The first-order valence-corrected chi connectivity index (χ1v) is 6.19. The van der Waals surface area contributed by atoms with Gasteiger partial charge in [0, 0.05) is 0 Å². The molecule has 0 N–H and O–H groups in total. The standard InChI is InChI=1S/C17H20/c1-17(2,3)13-14-9-11-16(12-10-14)15-7-5-4-6-8-15/h4-12H,13H2,1-3H3. The summed E-state index contributed by atoms with van der Waals surface area (Å²) >= 11 is 0. The van der Waals surface area contributed by atoms with Gasteiger partial charge in [-0.2, -0.15) is 0 Å². The molecule has 0 amide bonds. The lowest BCUT2D eigenvalue weighted by Crippen LogP contribution is -2.08. The van der Waals surface area contributed by atoms with Crippen molar-refractivity contribution in [2.45, 2.75) is 27.2 Å². The summed E-state index contributed by atoms with van der Waals surface area (Å²) < 4.78 is 0. The molecule has 0 saturated heterocycles. The summed E-state index contributed by atoms with van der Waals surface area (Å²) in [5.41, 5.74) is 4.35. The van der Waals surface area contributed by atoms with Crippen molar-refractivity contribution in [2.75, 3.05) is 0 Å². The van der Waals surface area contributed by atoms with Gasteiger partial charge in [0.2, 0.25) is 0 Å².